The van der Waals surface area contributed by atoms with Gasteiger partial charge in [0.15, 0.2) is 5.76 Å². The van der Waals surface area contributed by atoms with Gasteiger partial charge in [-0.1, -0.05) is 17.7 Å². The van der Waals surface area contributed by atoms with Gasteiger partial charge >= 0.3 is 0 Å². The summed E-state index contributed by atoms with van der Waals surface area (Å²) in [7, 11) is 0. The highest BCUT2D eigenvalue weighted by molar-refractivity contribution is 6.30. The molecule has 0 atom stereocenters. The lowest BCUT2D eigenvalue weighted by molar-refractivity contribution is 0.0953. The van der Waals surface area contributed by atoms with Gasteiger partial charge in [0.05, 0.1) is 5.71 Å². The molecule has 0 unspecified atom stereocenters. The number of carbonyl (C=O) groups is 2. The minimum absolute atomic E-state index is 0.229. The molecule has 7 nitrogen and oxygen atoms in total. The molecule has 0 saturated carbocycles. The SMILES string of the molecule is Cc1cccc(NC(=O)c2oc3c(c2C)/C(=N/NC(=O)c2ccc(Cl)cc2)CCC3)n1. The quantitative estimate of drug-likeness (QED) is 0.581. The average Bonchev–Trinajstić information content (AvgIpc) is 3.10. The number of benzene rings is 1. The molecule has 2 amide bonds. The Balaban J connectivity index is 1.56. The summed E-state index contributed by atoms with van der Waals surface area (Å²) >= 11 is 5.87. The van der Waals surface area contributed by atoms with Gasteiger partial charge in [0.25, 0.3) is 11.8 Å². The topological polar surface area (TPSA) is 96.6 Å². The van der Waals surface area contributed by atoms with E-state index in [0.29, 0.717) is 46.3 Å². The predicted octanol–water partition coefficient (Wildman–Crippen LogP) is 4.67. The standard InChI is InChI=1S/C23H21ClN4O3/c1-13-5-3-8-19(25-13)26-23(30)21-14(2)20-17(6-4-7-18(20)31-21)27-28-22(29)15-9-11-16(24)12-10-15/h3,5,8-12H,4,6-7H2,1-2H3,(H,28,29)(H,25,26,30)/b27-17+. The lowest BCUT2D eigenvalue weighted by atomic mass is 9.93. The van der Waals surface area contributed by atoms with Crippen molar-refractivity contribution in [3.8, 4) is 0 Å². The molecule has 1 aliphatic carbocycles. The molecule has 2 N–H and O–H groups in total. The van der Waals surface area contributed by atoms with Gasteiger partial charge < -0.3 is 9.73 Å². The van der Waals surface area contributed by atoms with Crippen LogP contribution in [-0.4, -0.2) is 22.5 Å². The summed E-state index contributed by atoms with van der Waals surface area (Å²) in [6.07, 6.45) is 2.20. The number of fused-ring (bicyclic) bond motifs is 1. The van der Waals surface area contributed by atoms with Gasteiger partial charge in [-0.15, -0.1) is 0 Å². The van der Waals surface area contributed by atoms with Crippen LogP contribution in [0.4, 0.5) is 5.82 Å². The summed E-state index contributed by atoms with van der Waals surface area (Å²) in [4.78, 5) is 29.5. The van der Waals surface area contributed by atoms with Crippen LogP contribution in [0, 0.1) is 13.8 Å². The van der Waals surface area contributed by atoms with E-state index in [1.807, 2.05) is 26.0 Å². The number of aryl methyl sites for hydroxylation is 2. The Morgan fingerprint density at radius 2 is 1.84 bits per heavy atom. The van der Waals surface area contributed by atoms with Crippen molar-refractivity contribution in [2.45, 2.75) is 33.1 Å². The first kappa shape index (κ1) is 20.8. The predicted molar refractivity (Wildman–Crippen MR) is 119 cm³/mol. The molecule has 3 aromatic rings. The Morgan fingerprint density at radius 3 is 2.58 bits per heavy atom. The van der Waals surface area contributed by atoms with Crippen LogP contribution in [0.3, 0.4) is 0 Å². The Bertz CT molecular complexity index is 1180. The number of aromatic nitrogens is 1. The van der Waals surface area contributed by atoms with Gasteiger partial charge in [0, 0.05) is 33.8 Å². The van der Waals surface area contributed by atoms with Gasteiger partial charge in [0.2, 0.25) is 0 Å². The highest BCUT2D eigenvalue weighted by Gasteiger charge is 2.28. The summed E-state index contributed by atoms with van der Waals surface area (Å²) in [5, 5.41) is 7.66. The zero-order valence-corrected chi connectivity index (χ0v) is 17.9. The lowest BCUT2D eigenvalue weighted by Crippen LogP contribution is -2.22. The van der Waals surface area contributed by atoms with E-state index in [-0.39, 0.29) is 17.6 Å². The minimum Gasteiger partial charge on any atom is -0.455 e. The maximum atomic E-state index is 12.8. The molecule has 31 heavy (non-hydrogen) atoms. The second-order valence-electron chi connectivity index (χ2n) is 7.33. The van der Waals surface area contributed by atoms with Crippen molar-refractivity contribution in [3.05, 3.63) is 81.4 Å². The molecule has 0 saturated heterocycles. The van der Waals surface area contributed by atoms with E-state index in [2.05, 4.69) is 20.8 Å². The van der Waals surface area contributed by atoms with Crippen molar-refractivity contribution < 1.29 is 14.0 Å². The number of pyridine rings is 1. The first-order chi connectivity index (χ1) is 14.9. The Hall–Kier alpha value is -3.45. The van der Waals surface area contributed by atoms with Gasteiger partial charge in [0.1, 0.15) is 11.6 Å². The molecule has 1 aliphatic rings. The number of amides is 2. The average molecular weight is 437 g/mol. The number of nitrogens with one attached hydrogen (secondary N) is 2. The number of nitrogens with zero attached hydrogens (tertiary/aromatic N) is 2. The number of halogens is 1. The highest BCUT2D eigenvalue weighted by atomic mass is 35.5. The number of carbonyl (C=O) groups excluding carboxylic acids is 2. The van der Waals surface area contributed by atoms with Gasteiger partial charge in [-0.05, 0) is 63.1 Å². The molecule has 0 radical (unpaired) electrons. The Labute approximate surface area is 184 Å². The van der Waals surface area contributed by atoms with Crippen LogP contribution < -0.4 is 10.7 Å². The van der Waals surface area contributed by atoms with Crippen molar-refractivity contribution in [1.82, 2.24) is 10.4 Å². The molecule has 0 aliphatic heterocycles. The molecule has 0 spiro atoms. The fraction of sp³-hybridized carbons (Fsp3) is 0.217. The van der Waals surface area contributed by atoms with Gasteiger partial charge in [-0.3, -0.25) is 9.59 Å². The summed E-state index contributed by atoms with van der Waals surface area (Å²) in [5.41, 5.74) is 6.03. The number of rotatable bonds is 4. The van der Waals surface area contributed by atoms with Gasteiger partial charge in [-0.25, -0.2) is 10.4 Å². The summed E-state index contributed by atoms with van der Waals surface area (Å²) in [5.74, 6) is 0.691. The molecule has 0 bridgehead atoms. The van der Waals surface area contributed by atoms with Crippen molar-refractivity contribution in [2.75, 3.05) is 5.32 Å². The zero-order chi connectivity index (χ0) is 22.0. The summed E-state index contributed by atoms with van der Waals surface area (Å²) in [6, 6.07) is 12.0. The van der Waals surface area contributed by atoms with Crippen molar-refractivity contribution in [1.29, 1.82) is 0 Å². The first-order valence-corrected chi connectivity index (χ1v) is 10.3. The van der Waals surface area contributed by atoms with Crippen LogP contribution in [0.2, 0.25) is 5.02 Å². The third-order valence-corrected chi connectivity index (χ3v) is 5.31. The van der Waals surface area contributed by atoms with Gasteiger partial charge in [-0.2, -0.15) is 5.10 Å². The zero-order valence-electron chi connectivity index (χ0n) is 17.2. The molecular formula is C23H21ClN4O3. The maximum Gasteiger partial charge on any atom is 0.292 e. The van der Waals surface area contributed by atoms with Crippen LogP contribution in [0.1, 0.15) is 56.3 Å². The van der Waals surface area contributed by atoms with Crippen LogP contribution in [0.15, 0.2) is 52.0 Å². The van der Waals surface area contributed by atoms with Crippen LogP contribution in [-0.2, 0) is 6.42 Å². The highest BCUT2D eigenvalue weighted by Crippen LogP contribution is 2.30. The third-order valence-electron chi connectivity index (χ3n) is 5.06. The molecule has 158 valence electrons. The number of hydrogen-bond donors (Lipinski definition) is 2. The fourth-order valence-corrected chi connectivity index (χ4v) is 3.69. The number of anilines is 1. The minimum atomic E-state index is -0.366. The number of furan rings is 1. The molecule has 2 heterocycles. The summed E-state index contributed by atoms with van der Waals surface area (Å²) < 4.78 is 5.89. The largest absolute Gasteiger partial charge is 0.455 e. The van der Waals surface area contributed by atoms with E-state index in [1.54, 1.807) is 30.3 Å². The monoisotopic (exact) mass is 436 g/mol. The van der Waals surface area contributed by atoms with Crippen molar-refractivity contribution >= 4 is 34.9 Å². The molecular weight excluding hydrogens is 416 g/mol. The molecule has 0 fully saturated rings. The van der Waals surface area contributed by atoms with Crippen molar-refractivity contribution in [3.63, 3.8) is 0 Å². The van der Waals surface area contributed by atoms with Crippen LogP contribution in [0.25, 0.3) is 0 Å². The van der Waals surface area contributed by atoms with Crippen molar-refractivity contribution in [2.24, 2.45) is 5.10 Å². The third kappa shape index (κ3) is 4.51. The van der Waals surface area contributed by atoms with E-state index >= 15 is 0 Å². The van der Waals surface area contributed by atoms with E-state index in [4.69, 9.17) is 16.0 Å². The van der Waals surface area contributed by atoms with E-state index in [9.17, 15) is 9.59 Å². The molecule has 1 aromatic carbocycles. The smallest absolute Gasteiger partial charge is 0.292 e. The fourth-order valence-electron chi connectivity index (χ4n) is 3.57. The van der Waals surface area contributed by atoms with E-state index in [0.717, 1.165) is 17.7 Å². The molecule has 8 heteroatoms. The molecule has 2 aromatic heterocycles. The van der Waals surface area contributed by atoms with Crippen LogP contribution in [0.5, 0.6) is 0 Å². The number of hydrazone groups is 1. The van der Waals surface area contributed by atoms with E-state index < -0.39 is 0 Å². The maximum absolute atomic E-state index is 12.8. The Morgan fingerprint density at radius 1 is 1.06 bits per heavy atom. The summed E-state index contributed by atoms with van der Waals surface area (Å²) in [6.45, 7) is 3.68. The number of hydrogen-bond acceptors (Lipinski definition) is 5. The van der Waals surface area contributed by atoms with Crippen LogP contribution >= 0.6 is 11.6 Å². The lowest BCUT2D eigenvalue weighted by Gasteiger charge is -2.13. The Kier molecular flexibility index (Phi) is 5.86. The normalized spacial score (nSPS) is 14.2. The second-order valence-corrected chi connectivity index (χ2v) is 7.77. The first-order valence-electron chi connectivity index (χ1n) is 9.92. The van der Waals surface area contributed by atoms with E-state index in [1.165, 1.54) is 0 Å². The molecule has 4 rings (SSSR count). The second kappa shape index (κ2) is 8.73.